The van der Waals surface area contributed by atoms with Crippen molar-refractivity contribution >= 4 is 0 Å². The Balaban J connectivity index is 1.73. The van der Waals surface area contributed by atoms with Gasteiger partial charge in [0, 0.05) is 25.0 Å². The monoisotopic (exact) mass is 247 g/mol. The van der Waals surface area contributed by atoms with E-state index in [2.05, 4.69) is 16.8 Å². The number of ether oxygens (including phenoxy) is 1. The van der Waals surface area contributed by atoms with E-state index in [1.165, 1.54) is 24.9 Å². The summed E-state index contributed by atoms with van der Waals surface area (Å²) in [5.74, 6) is 0. The summed E-state index contributed by atoms with van der Waals surface area (Å²) in [6.45, 7) is 5.07. The highest BCUT2D eigenvalue weighted by Gasteiger charge is 2.35. The minimum absolute atomic E-state index is 0.0692. The molecule has 3 atom stereocenters. The lowest BCUT2D eigenvalue weighted by atomic mass is 9.98. The lowest BCUT2D eigenvalue weighted by Gasteiger charge is -2.38. The Bertz CT molecular complexity index is 423. The number of pyridine rings is 1. The molecule has 1 aromatic heterocycles. The quantitative estimate of drug-likeness (QED) is 0.854. The van der Waals surface area contributed by atoms with Gasteiger partial charge < -0.3 is 10.5 Å². The molecule has 3 unspecified atom stereocenters. The summed E-state index contributed by atoms with van der Waals surface area (Å²) < 4.78 is 5.97. The van der Waals surface area contributed by atoms with Crippen molar-refractivity contribution < 1.29 is 4.74 Å². The average molecular weight is 247 g/mol. The molecule has 2 N–H and O–H groups in total. The third kappa shape index (κ3) is 2.16. The summed E-state index contributed by atoms with van der Waals surface area (Å²) in [7, 11) is 0. The van der Waals surface area contributed by atoms with Gasteiger partial charge in [0.25, 0.3) is 0 Å². The van der Waals surface area contributed by atoms with Crippen LogP contribution in [0.15, 0.2) is 18.5 Å². The fraction of sp³-hybridized carbons (Fsp3) is 0.643. The second-order valence-corrected chi connectivity index (χ2v) is 5.42. The van der Waals surface area contributed by atoms with Crippen molar-refractivity contribution in [2.75, 3.05) is 19.7 Å². The minimum atomic E-state index is -0.0692. The van der Waals surface area contributed by atoms with E-state index in [0.717, 1.165) is 18.7 Å². The van der Waals surface area contributed by atoms with E-state index in [4.69, 9.17) is 10.5 Å². The molecule has 0 radical (unpaired) electrons. The van der Waals surface area contributed by atoms with E-state index in [0.29, 0.717) is 6.04 Å². The predicted molar refractivity (Wildman–Crippen MR) is 70.2 cm³/mol. The van der Waals surface area contributed by atoms with Crippen LogP contribution in [0.1, 0.15) is 30.0 Å². The normalized spacial score (nSPS) is 30.1. The summed E-state index contributed by atoms with van der Waals surface area (Å²) in [5, 5.41) is 0. The number of nitrogens with two attached hydrogens (primary N) is 1. The third-order valence-electron chi connectivity index (χ3n) is 4.26. The van der Waals surface area contributed by atoms with Gasteiger partial charge in [0.15, 0.2) is 0 Å². The molecule has 98 valence electrons. The molecule has 1 aromatic rings. The first-order chi connectivity index (χ1) is 8.75. The lowest BCUT2D eigenvalue weighted by Crippen LogP contribution is -2.49. The van der Waals surface area contributed by atoms with Gasteiger partial charge in [-0.3, -0.25) is 9.88 Å². The fourth-order valence-electron chi connectivity index (χ4n) is 3.09. The summed E-state index contributed by atoms with van der Waals surface area (Å²) in [4.78, 5) is 6.71. The molecule has 0 spiro atoms. The molecule has 0 saturated carbocycles. The Morgan fingerprint density at radius 2 is 2.44 bits per heavy atom. The standard InChI is InChI=1S/C14H21N3O/c1-10-4-5-16-7-12(10)14(15)13-8-17-6-2-3-11(17)9-18-13/h4-5,7,11,13-14H,2-3,6,8-9,15H2,1H3. The van der Waals surface area contributed by atoms with Crippen molar-refractivity contribution in [3.8, 4) is 0 Å². The third-order valence-corrected chi connectivity index (χ3v) is 4.26. The highest BCUT2D eigenvalue weighted by atomic mass is 16.5. The number of hydrogen-bond acceptors (Lipinski definition) is 4. The van der Waals surface area contributed by atoms with E-state index in [1.54, 1.807) is 0 Å². The van der Waals surface area contributed by atoms with Crippen molar-refractivity contribution in [2.45, 2.75) is 38.0 Å². The first-order valence-corrected chi connectivity index (χ1v) is 6.77. The Morgan fingerprint density at radius 1 is 1.56 bits per heavy atom. The molecule has 18 heavy (non-hydrogen) atoms. The molecular formula is C14H21N3O. The molecule has 0 bridgehead atoms. The van der Waals surface area contributed by atoms with Crippen LogP contribution in [0.25, 0.3) is 0 Å². The number of morpholine rings is 1. The molecular weight excluding hydrogens is 226 g/mol. The minimum Gasteiger partial charge on any atom is -0.373 e. The van der Waals surface area contributed by atoms with Crippen molar-refractivity contribution in [1.29, 1.82) is 0 Å². The van der Waals surface area contributed by atoms with Gasteiger partial charge in [0.05, 0.1) is 18.8 Å². The van der Waals surface area contributed by atoms with Crippen molar-refractivity contribution in [3.63, 3.8) is 0 Å². The van der Waals surface area contributed by atoms with Crippen molar-refractivity contribution in [3.05, 3.63) is 29.6 Å². The number of rotatable bonds is 2. The maximum absolute atomic E-state index is 6.36. The largest absolute Gasteiger partial charge is 0.373 e. The molecule has 3 heterocycles. The average Bonchev–Trinajstić information content (AvgIpc) is 2.85. The molecule has 2 saturated heterocycles. The molecule has 0 aromatic carbocycles. The lowest BCUT2D eigenvalue weighted by molar-refractivity contribution is -0.0598. The van der Waals surface area contributed by atoms with Gasteiger partial charge >= 0.3 is 0 Å². The van der Waals surface area contributed by atoms with Crippen molar-refractivity contribution in [1.82, 2.24) is 9.88 Å². The number of nitrogens with zero attached hydrogens (tertiary/aromatic N) is 2. The first-order valence-electron chi connectivity index (χ1n) is 6.77. The topological polar surface area (TPSA) is 51.4 Å². The van der Waals surface area contributed by atoms with Crippen LogP contribution in [0.2, 0.25) is 0 Å². The maximum atomic E-state index is 6.36. The SMILES string of the molecule is Cc1ccncc1C(N)C1CN2CCCC2CO1. The molecule has 0 amide bonds. The Kier molecular flexibility index (Phi) is 3.33. The molecule has 3 rings (SSSR count). The van der Waals surface area contributed by atoms with Crippen LogP contribution in [0.4, 0.5) is 0 Å². The van der Waals surface area contributed by atoms with Crippen LogP contribution in [0, 0.1) is 6.92 Å². The van der Waals surface area contributed by atoms with Gasteiger partial charge in [0.1, 0.15) is 0 Å². The maximum Gasteiger partial charge on any atom is 0.0895 e. The number of aromatic nitrogens is 1. The van der Waals surface area contributed by atoms with Gasteiger partial charge in [-0.05, 0) is 43.5 Å². The summed E-state index contributed by atoms with van der Waals surface area (Å²) in [6, 6.07) is 2.57. The second kappa shape index (κ2) is 4.96. The van der Waals surface area contributed by atoms with E-state index in [9.17, 15) is 0 Å². The highest BCUT2D eigenvalue weighted by Crippen LogP contribution is 2.28. The van der Waals surface area contributed by atoms with Crippen LogP contribution in [-0.2, 0) is 4.74 Å². The molecule has 2 aliphatic rings. The van der Waals surface area contributed by atoms with Crippen LogP contribution in [0.3, 0.4) is 0 Å². The number of fused-ring (bicyclic) bond motifs is 1. The zero-order chi connectivity index (χ0) is 12.5. The Morgan fingerprint density at radius 3 is 3.28 bits per heavy atom. The van der Waals surface area contributed by atoms with E-state index >= 15 is 0 Å². The predicted octanol–water partition coefficient (Wildman–Crippen LogP) is 1.25. The van der Waals surface area contributed by atoms with E-state index in [1.807, 2.05) is 18.5 Å². The zero-order valence-electron chi connectivity index (χ0n) is 10.9. The van der Waals surface area contributed by atoms with Crippen LogP contribution >= 0.6 is 0 Å². The molecule has 2 fully saturated rings. The fourth-order valence-corrected chi connectivity index (χ4v) is 3.09. The number of hydrogen-bond donors (Lipinski definition) is 1. The highest BCUT2D eigenvalue weighted by molar-refractivity contribution is 5.26. The molecule has 4 heteroatoms. The van der Waals surface area contributed by atoms with Gasteiger partial charge in [-0.25, -0.2) is 0 Å². The van der Waals surface area contributed by atoms with Crippen LogP contribution in [0.5, 0.6) is 0 Å². The van der Waals surface area contributed by atoms with E-state index in [-0.39, 0.29) is 12.1 Å². The van der Waals surface area contributed by atoms with Gasteiger partial charge in [-0.2, -0.15) is 0 Å². The van der Waals surface area contributed by atoms with Gasteiger partial charge in [-0.1, -0.05) is 0 Å². The number of aryl methyl sites for hydroxylation is 1. The summed E-state index contributed by atoms with van der Waals surface area (Å²) >= 11 is 0. The van der Waals surface area contributed by atoms with Crippen LogP contribution in [-0.4, -0.2) is 41.7 Å². The molecule has 2 aliphatic heterocycles. The van der Waals surface area contributed by atoms with Gasteiger partial charge in [0.2, 0.25) is 0 Å². The van der Waals surface area contributed by atoms with Gasteiger partial charge in [-0.15, -0.1) is 0 Å². The smallest absolute Gasteiger partial charge is 0.0895 e. The molecule has 0 aliphatic carbocycles. The second-order valence-electron chi connectivity index (χ2n) is 5.42. The summed E-state index contributed by atoms with van der Waals surface area (Å²) in [6.07, 6.45) is 6.35. The Labute approximate surface area is 108 Å². The van der Waals surface area contributed by atoms with Crippen molar-refractivity contribution in [2.24, 2.45) is 5.73 Å². The molecule has 4 nitrogen and oxygen atoms in total. The first kappa shape index (κ1) is 12.1. The van der Waals surface area contributed by atoms with Crippen LogP contribution < -0.4 is 5.73 Å². The van der Waals surface area contributed by atoms with E-state index < -0.39 is 0 Å². The summed E-state index contributed by atoms with van der Waals surface area (Å²) in [5.41, 5.74) is 8.67. The Hall–Kier alpha value is -0.970. The zero-order valence-corrected chi connectivity index (χ0v) is 10.9.